The number of likely N-dealkylation sites (N-methyl/N-ethyl adjacent to an activating group) is 1. The van der Waals surface area contributed by atoms with Crippen LogP contribution < -0.4 is 10.6 Å². The van der Waals surface area contributed by atoms with Gasteiger partial charge in [-0.3, -0.25) is 4.79 Å². The summed E-state index contributed by atoms with van der Waals surface area (Å²) in [6.45, 7) is 2.43. The SMILES string of the molecule is CNC(C)CNC(=O)c1ccc(F)cc1Cl. The first-order valence-electron chi connectivity index (χ1n) is 4.95. The second-order valence-electron chi connectivity index (χ2n) is 3.52. The number of rotatable bonds is 4. The van der Waals surface area contributed by atoms with Gasteiger partial charge >= 0.3 is 0 Å². The van der Waals surface area contributed by atoms with E-state index in [1.807, 2.05) is 14.0 Å². The van der Waals surface area contributed by atoms with Crippen LogP contribution in [-0.2, 0) is 0 Å². The predicted octanol–water partition coefficient (Wildman–Crippen LogP) is 1.82. The van der Waals surface area contributed by atoms with Crippen LogP contribution in [0.1, 0.15) is 17.3 Å². The van der Waals surface area contributed by atoms with Crippen LogP contribution in [0.3, 0.4) is 0 Å². The van der Waals surface area contributed by atoms with Crippen LogP contribution in [0.25, 0.3) is 0 Å². The Hall–Kier alpha value is -1.13. The van der Waals surface area contributed by atoms with Crippen LogP contribution in [0.15, 0.2) is 18.2 Å². The number of amides is 1. The molecular weight excluding hydrogens is 231 g/mol. The Morgan fingerprint density at radius 1 is 1.56 bits per heavy atom. The molecule has 1 rings (SSSR count). The summed E-state index contributed by atoms with van der Waals surface area (Å²) in [5.41, 5.74) is 0.284. The number of hydrogen-bond acceptors (Lipinski definition) is 2. The third-order valence-corrected chi connectivity index (χ3v) is 2.55. The standard InChI is InChI=1S/C11H14ClFN2O/c1-7(14-2)6-15-11(16)9-4-3-8(13)5-10(9)12/h3-5,7,14H,6H2,1-2H3,(H,15,16). The number of carbonyl (C=O) groups excluding carboxylic acids is 1. The molecule has 0 radical (unpaired) electrons. The van der Waals surface area contributed by atoms with E-state index in [1.54, 1.807) is 0 Å². The zero-order chi connectivity index (χ0) is 12.1. The third kappa shape index (κ3) is 3.47. The fourth-order valence-corrected chi connectivity index (χ4v) is 1.37. The van der Waals surface area contributed by atoms with Gasteiger partial charge in [-0.2, -0.15) is 0 Å². The number of hydrogen-bond donors (Lipinski definition) is 2. The summed E-state index contributed by atoms with van der Waals surface area (Å²) in [7, 11) is 1.81. The smallest absolute Gasteiger partial charge is 0.252 e. The van der Waals surface area contributed by atoms with Crippen LogP contribution in [0.5, 0.6) is 0 Å². The number of nitrogens with one attached hydrogen (secondary N) is 2. The summed E-state index contributed by atoms with van der Waals surface area (Å²) in [5.74, 6) is -0.753. The average Bonchev–Trinajstić information content (AvgIpc) is 2.25. The first-order chi connectivity index (χ1) is 7.54. The minimum atomic E-state index is -0.454. The Morgan fingerprint density at radius 2 is 2.25 bits per heavy atom. The molecule has 1 atom stereocenters. The van der Waals surface area contributed by atoms with Gasteiger partial charge in [-0.05, 0) is 32.2 Å². The lowest BCUT2D eigenvalue weighted by atomic mass is 10.2. The molecule has 5 heteroatoms. The highest BCUT2D eigenvalue weighted by Gasteiger charge is 2.11. The number of benzene rings is 1. The first kappa shape index (κ1) is 12.9. The van der Waals surface area contributed by atoms with Gasteiger partial charge in [-0.1, -0.05) is 11.6 Å². The van der Waals surface area contributed by atoms with Gasteiger partial charge in [-0.25, -0.2) is 4.39 Å². The van der Waals surface area contributed by atoms with E-state index in [2.05, 4.69) is 10.6 Å². The van der Waals surface area contributed by atoms with E-state index in [0.717, 1.165) is 6.07 Å². The molecule has 3 nitrogen and oxygen atoms in total. The Labute approximate surface area is 99.0 Å². The van der Waals surface area contributed by atoms with E-state index >= 15 is 0 Å². The van der Waals surface area contributed by atoms with Gasteiger partial charge in [0.2, 0.25) is 0 Å². The summed E-state index contributed by atoms with van der Waals surface area (Å²) in [5, 5.41) is 5.81. The predicted molar refractivity (Wildman–Crippen MR) is 62.3 cm³/mol. The molecular formula is C11H14ClFN2O. The molecule has 0 aliphatic rings. The largest absolute Gasteiger partial charge is 0.350 e. The summed E-state index contributed by atoms with van der Waals surface area (Å²) in [6.07, 6.45) is 0. The van der Waals surface area contributed by atoms with Crippen LogP contribution in [0, 0.1) is 5.82 Å². The fraction of sp³-hybridized carbons (Fsp3) is 0.364. The monoisotopic (exact) mass is 244 g/mol. The Morgan fingerprint density at radius 3 is 2.81 bits per heavy atom. The molecule has 1 aromatic rings. The van der Waals surface area contributed by atoms with Crippen LogP contribution in [0.4, 0.5) is 4.39 Å². The number of carbonyl (C=O) groups is 1. The van der Waals surface area contributed by atoms with Gasteiger partial charge in [0, 0.05) is 12.6 Å². The molecule has 1 unspecified atom stereocenters. The van der Waals surface area contributed by atoms with Crippen molar-refractivity contribution in [3.05, 3.63) is 34.6 Å². The van der Waals surface area contributed by atoms with E-state index in [4.69, 9.17) is 11.6 Å². The average molecular weight is 245 g/mol. The van der Waals surface area contributed by atoms with Crippen molar-refractivity contribution < 1.29 is 9.18 Å². The molecule has 16 heavy (non-hydrogen) atoms. The van der Waals surface area contributed by atoms with Crippen molar-refractivity contribution in [2.24, 2.45) is 0 Å². The highest BCUT2D eigenvalue weighted by Crippen LogP contribution is 2.16. The van der Waals surface area contributed by atoms with Crippen molar-refractivity contribution in [1.82, 2.24) is 10.6 Å². The topological polar surface area (TPSA) is 41.1 Å². The molecule has 0 fully saturated rings. The van der Waals surface area contributed by atoms with Gasteiger partial charge in [0.05, 0.1) is 10.6 Å². The molecule has 0 saturated carbocycles. The second kappa shape index (κ2) is 5.82. The Bertz CT molecular complexity index is 384. The first-order valence-corrected chi connectivity index (χ1v) is 5.33. The molecule has 0 spiro atoms. The highest BCUT2D eigenvalue weighted by molar-refractivity contribution is 6.33. The van der Waals surface area contributed by atoms with Gasteiger partial charge < -0.3 is 10.6 Å². The van der Waals surface area contributed by atoms with Crippen molar-refractivity contribution in [2.45, 2.75) is 13.0 Å². The molecule has 0 bridgehead atoms. The van der Waals surface area contributed by atoms with E-state index in [9.17, 15) is 9.18 Å². The lowest BCUT2D eigenvalue weighted by Crippen LogP contribution is -2.37. The van der Waals surface area contributed by atoms with Gasteiger partial charge in [0.1, 0.15) is 5.82 Å². The zero-order valence-corrected chi connectivity index (χ0v) is 9.94. The Kier molecular flexibility index (Phi) is 4.71. The van der Waals surface area contributed by atoms with E-state index in [-0.39, 0.29) is 22.5 Å². The van der Waals surface area contributed by atoms with Crippen LogP contribution >= 0.6 is 11.6 Å². The molecule has 1 aromatic carbocycles. The van der Waals surface area contributed by atoms with E-state index in [1.165, 1.54) is 12.1 Å². The molecule has 0 aromatic heterocycles. The normalized spacial score (nSPS) is 12.2. The Balaban J connectivity index is 2.66. The molecule has 0 aliphatic heterocycles. The molecule has 0 heterocycles. The van der Waals surface area contributed by atoms with Crippen LogP contribution in [0.2, 0.25) is 5.02 Å². The maximum absolute atomic E-state index is 12.8. The zero-order valence-electron chi connectivity index (χ0n) is 9.18. The van der Waals surface area contributed by atoms with E-state index in [0.29, 0.717) is 6.54 Å². The quantitative estimate of drug-likeness (QED) is 0.848. The van der Waals surface area contributed by atoms with Crippen molar-refractivity contribution >= 4 is 17.5 Å². The van der Waals surface area contributed by atoms with Crippen molar-refractivity contribution in [2.75, 3.05) is 13.6 Å². The minimum Gasteiger partial charge on any atom is -0.350 e. The van der Waals surface area contributed by atoms with Gasteiger partial charge in [0.25, 0.3) is 5.91 Å². The fourth-order valence-electron chi connectivity index (χ4n) is 1.12. The van der Waals surface area contributed by atoms with Crippen LogP contribution in [-0.4, -0.2) is 25.5 Å². The van der Waals surface area contributed by atoms with Gasteiger partial charge in [0.15, 0.2) is 0 Å². The minimum absolute atomic E-state index is 0.120. The third-order valence-electron chi connectivity index (χ3n) is 2.24. The molecule has 1 amide bonds. The molecule has 2 N–H and O–H groups in total. The maximum Gasteiger partial charge on any atom is 0.252 e. The molecule has 88 valence electrons. The van der Waals surface area contributed by atoms with Crippen molar-refractivity contribution in [3.63, 3.8) is 0 Å². The van der Waals surface area contributed by atoms with Crippen molar-refractivity contribution in [3.8, 4) is 0 Å². The maximum atomic E-state index is 12.8. The molecule has 0 saturated heterocycles. The van der Waals surface area contributed by atoms with Gasteiger partial charge in [-0.15, -0.1) is 0 Å². The lowest BCUT2D eigenvalue weighted by Gasteiger charge is -2.11. The molecule has 0 aliphatic carbocycles. The number of halogens is 2. The summed E-state index contributed by atoms with van der Waals surface area (Å²) < 4.78 is 12.8. The van der Waals surface area contributed by atoms with E-state index < -0.39 is 5.82 Å². The highest BCUT2D eigenvalue weighted by atomic mass is 35.5. The summed E-state index contributed by atoms with van der Waals surface area (Å²) in [6, 6.07) is 3.88. The second-order valence-corrected chi connectivity index (χ2v) is 3.93. The summed E-state index contributed by atoms with van der Waals surface area (Å²) >= 11 is 5.76. The lowest BCUT2D eigenvalue weighted by molar-refractivity contribution is 0.0950. The van der Waals surface area contributed by atoms with Crippen molar-refractivity contribution in [1.29, 1.82) is 0 Å². The summed E-state index contributed by atoms with van der Waals surface area (Å²) in [4.78, 5) is 11.7.